The van der Waals surface area contributed by atoms with Crippen LogP contribution in [0.5, 0.6) is 0 Å². The van der Waals surface area contributed by atoms with Crippen molar-refractivity contribution < 1.29 is 14.6 Å². The van der Waals surface area contributed by atoms with E-state index < -0.39 is 5.60 Å². The van der Waals surface area contributed by atoms with E-state index in [2.05, 4.69) is 4.74 Å². The van der Waals surface area contributed by atoms with Gasteiger partial charge in [0.2, 0.25) is 0 Å². The van der Waals surface area contributed by atoms with E-state index in [1.54, 1.807) is 0 Å². The summed E-state index contributed by atoms with van der Waals surface area (Å²) in [6, 6.07) is 0. The lowest BCUT2D eigenvalue weighted by Gasteiger charge is -2.36. The summed E-state index contributed by atoms with van der Waals surface area (Å²) in [6.07, 6.45) is 1.73. The van der Waals surface area contributed by atoms with Crippen LogP contribution in [-0.4, -0.2) is 48.8 Å². The molecule has 0 saturated carbocycles. The maximum Gasteiger partial charge on any atom is 0.308 e. The van der Waals surface area contributed by atoms with Crippen molar-refractivity contribution in [2.75, 3.05) is 27.2 Å². The molecule has 1 unspecified atom stereocenters. The van der Waals surface area contributed by atoms with Crippen molar-refractivity contribution >= 4 is 5.97 Å². The fourth-order valence-electron chi connectivity index (χ4n) is 1.82. The summed E-state index contributed by atoms with van der Waals surface area (Å²) in [5, 5.41) is 10.0. The van der Waals surface area contributed by atoms with Crippen LogP contribution < -0.4 is 0 Å². The Kier molecular flexibility index (Phi) is 3.27. The first-order chi connectivity index (χ1) is 6.06. The number of ether oxygens (including phenoxy) is 1. The first-order valence-corrected chi connectivity index (χ1v) is 4.53. The molecule has 13 heavy (non-hydrogen) atoms. The van der Waals surface area contributed by atoms with Crippen LogP contribution in [0.15, 0.2) is 0 Å². The Morgan fingerprint density at radius 3 is 2.92 bits per heavy atom. The lowest BCUT2D eigenvalue weighted by Crippen LogP contribution is -2.47. The van der Waals surface area contributed by atoms with Gasteiger partial charge in [-0.15, -0.1) is 0 Å². The molecule has 4 nitrogen and oxygen atoms in total. The number of likely N-dealkylation sites (N-methyl/N-ethyl adjacent to an activating group) is 1. The SMILES string of the molecule is COC(=O)CC1(O)CCCN(C)C1. The van der Waals surface area contributed by atoms with Crippen molar-refractivity contribution in [2.24, 2.45) is 0 Å². The monoisotopic (exact) mass is 187 g/mol. The standard InChI is InChI=1S/C9H17NO3/c1-10-5-3-4-9(12,7-10)6-8(11)13-2/h12H,3-7H2,1-2H3. The first-order valence-electron chi connectivity index (χ1n) is 4.53. The van der Waals surface area contributed by atoms with Gasteiger partial charge in [-0.2, -0.15) is 0 Å². The van der Waals surface area contributed by atoms with Crippen LogP contribution >= 0.6 is 0 Å². The van der Waals surface area contributed by atoms with Crippen LogP contribution in [0.2, 0.25) is 0 Å². The summed E-state index contributed by atoms with van der Waals surface area (Å²) >= 11 is 0. The third kappa shape index (κ3) is 2.97. The van der Waals surface area contributed by atoms with Crippen molar-refractivity contribution in [2.45, 2.75) is 24.9 Å². The summed E-state index contributed by atoms with van der Waals surface area (Å²) in [7, 11) is 3.29. The molecule has 0 aliphatic carbocycles. The molecule has 0 aromatic heterocycles. The second-order valence-corrected chi connectivity index (χ2v) is 3.82. The van der Waals surface area contributed by atoms with E-state index in [-0.39, 0.29) is 12.4 Å². The summed E-state index contributed by atoms with van der Waals surface area (Å²) < 4.78 is 4.54. The maximum atomic E-state index is 11.0. The van der Waals surface area contributed by atoms with E-state index in [0.717, 1.165) is 13.0 Å². The van der Waals surface area contributed by atoms with E-state index >= 15 is 0 Å². The predicted molar refractivity (Wildman–Crippen MR) is 48.3 cm³/mol. The molecule has 0 bridgehead atoms. The topological polar surface area (TPSA) is 49.8 Å². The third-order valence-electron chi connectivity index (χ3n) is 2.45. The van der Waals surface area contributed by atoms with E-state index in [1.807, 2.05) is 11.9 Å². The Balaban J connectivity index is 2.49. The van der Waals surface area contributed by atoms with E-state index in [4.69, 9.17) is 0 Å². The van der Waals surface area contributed by atoms with Gasteiger partial charge in [0.05, 0.1) is 19.1 Å². The minimum atomic E-state index is -0.875. The van der Waals surface area contributed by atoms with Crippen molar-refractivity contribution in [1.82, 2.24) is 4.90 Å². The molecule has 1 N–H and O–H groups in total. The summed E-state index contributed by atoms with van der Waals surface area (Å²) in [4.78, 5) is 13.0. The minimum Gasteiger partial charge on any atom is -0.469 e. The Morgan fingerprint density at radius 1 is 1.69 bits per heavy atom. The molecule has 0 aromatic carbocycles. The van der Waals surface area contributed by atoms with Crippen molar-refractivity contribution in [3.05, 3.63) is 0 Å². The Morgan fingerprint density at radius 2 is 2.38 bits per heavy atom. The lowest BCUT2D eigenvalue weighted by atomic mass is 9.90. The highest BCUT2D eigenvalue weighted by Gasteiger charge is 2.34. The molecule has 4 heteroatoms. The Bertz CT molecular complexity index is 195. The molecule has 1 rings (SSSR count). The van der Waals surface area contributed by atoms with Gasteiger partial charge < -0.3 is 14.7 Å². The average Bonchev–Trinajstić information content (AvgIpc) is 2.02. The molecule has 1 heterocycles. The van der Waals surface area contributed by atoms with Crippen LogP contribution in [0.25, 0.3) is 0 Å². The number of likely N-dealkylation sites (tertiary alicyclic amines) is 1. The zero-order valence-corrected chi connectivity index (χ0v) is 8.25. The van der Waals surface area contributed by atoms with Gasteiger partial charge in [-0.3, -0.25) is 4.79 Å². The Labute approximate surface area is 78.5 Å². The van der Waals surface area contributed by atoms with Crippen molar-refractivity contribution in [1.29, 1.82) is 0 Å². The zero-order chi connectivity index (χ0) is 9.90. The Hall–Kier alpha value is -0.610. The van der Waals surface area contributed by atoms with Crippen LogP contribution in [0.1, 0.15) is 19.3 Å². The van der Waals surface area contributed by atoms with Gasteiger partial charge >= 0.3 is 5.97 Å². The molecule has 1 aliphatic rings. The molecule has 1 fully saturated rings. The second kappa shape index (κ2) is 4.07. The molecule has 1 atom stereocenters. The van der Waals surface area contributed by atoms with Gasteiger partial charge in [-0.1, -0.05) is 0 Å². The number of carbonyl (C=O) groups excluding carboxylic acids is 1. The number of β-amino-alcohol motifs (C(OH)–C–C–N with tert-alkyl or cyclic N) is 1. The number of hydrogen-bond donors (Lipinski definition) is 1. The zero-order valence-electron chi connectivity index (χ0n) is 8.25. The molecular weight excluding hydrogens is 170 g/mol. The van der Waals surface area contributed by atoms with Crippen LogP contribution in [-0.2, 0) is 9.53 Å². The smallest absolute Gasteiger partial charge is 0.308 e. The van der Waals surface area contributed by atoms with Gasteiger partial charge in [0.1, 0.15) is 0 Å². The third-order valence-corrected chi connectivity index (χ3v) is 2.45. The molecule has 0 radical (unpaired) electrons. The number of nitrogens with zero attached hydrogens (tertiary/aromatic N) is 1. The normalized spacial score (nSPS) is 30.1. The summed E-state index contributed by atoms with van der Waals surface area (Å²) in [5.74, 6) is -0.335. The van der Waals surface area contributed by atoms with Crippen LogP contribution in [0.4, 0.5) is 0 Å². The molecule has 0 spiro atoms. The number of rotatable bonds is 2. The molecule has 0 aromatic rings. The van der Waals surface area contributed by atoms with Crippen LogP contribution in [0, 0.1) is 0 Å². The largest absolute Gasteiger partial charge is 0.469 e. The van der Waals surface area contributed by atoms with E-state index in [0.29, 0.717) is 13.0 Å². The molecule has 1 aliphatic heterocycles. The minimum absolute atomic E-state index is 0.105. The van der Waals surface area contributed by atoms with Gasteiger partial charge in [-0.25, -0.2) is 0 Å². The number of esters is 1. The van der Waals surface area contributed by atoms with Crippen molar-refractivity contribution in [3.63, 3.8) is 0 Å². The second-order valence-electron chi connectivity index (χ2n) is 3.82. The van der Waals surface area contributed by atoms with Gasteiger partial charge in [-0.05, 0) is 26.4 Å². The lowest BCUT2D eigenvalue weighted by molar-refractivity contribution is -0.148. The number of piperidine rings is 1. The predicted octanol–water partition coefficient (Wildman–Crippen LogP) is 0.00620. The fourth-order valence-corrected chi connectivity index (χ4v) is 1.82. The van der Waals surface area contributed by atoms with Crippen molar-refractivity contribution in [3.8, 4) is 0 Å². The number of hydrogen-bond acceptors (Lipinski definition) is 4. The van der Waals surface area contributed by atoms with E-state index in [1.165, 1.54) is 7.11 Å². The highest BCUT2D eigenvalue weighted by molar-refractivity contribution is 5.70. The number of methoxy groups -OCH3 is 1. The first kappa shape index (κ1) is 10.5. The quantitative estimate of drug-likeness (QED) is 0.618. The number of aliphatic hydroxyl groups is 1. The highest BCUT2D eigenvalue weighted by atomic mass is 16.5. The number of carbonyl (C=O) groups is 1. The average molecular weight is 187 g/mol. The summed E-state index contributed by atoms with van der Waals surface area (Å²) in [5.41, 5.74) is -0.875. The maximum absolute atomic E-state index is 11.0. The molecular formula is C9H17NO3. The fraction of sp³-hybridized carbons (Fsp3) is 0.889. The molecule has 0 amide bonds. The van der Waals surface area contributed by atoms with Gasteiger partial charge in [0.25, 0.3) is 0 Å². The van der Waals surface area contributed by atoms with E-state index in [9.17, 15) is 9.90 Å². The molecule has 1 saturated heterocycles. The highest BCUT2D eigenvalue weighted by Crippen LogP contribution is 2.23. The van der Waals surface area contributed by atoms with Crippen LogP contribution in [0.3, 0.4) is 0 Å². The summed E-state index contributed by atoms with van der Waals surface area (Å²) in [6.45, 7) is 1.55. The van der Waals surface area contributed by atoms with Gasteiger partial charge in [0.15, 0.2) is 0 Å². The molecule has 76 valence electrons. The van der Waals surface area contributed by atoms with Gasteiger partial charge in [0, 0.05) is 6.54 Å².